The molecule has 1 N–H and O–H groups in total. The van der Waals surface area contributed by atoms with Gasteiger partial charge in [-0.05, 0) is 52.9 Å². The van der Waals surface area contributed by atoms with E-state index in [1.54, 1.807) is 4.90 Å². The van der Waals surface area contributed by atoms with Crippen LogP contribution < -0.4 is 4.74 Å². The van der Waals surface area contributed by atoms with E-state index in [0.717, 1.165) is 12.8 Å². The number of benzene rings is 1. The van der Waals surface area contributed by atoms with E-state index in [9.17, 15) is 9.18 Å². The summed E-state index contributed by atoms with van der Waals surface area (Å²) in [6.07, 6.45) is 1.85. The molecule has 1 fully saturated rings. The molecule has 1 amide bonds. The van der Waals surface area contributed by atoms with Crippen molar-refractivity contribution in [3.8, 4) is 5.75 Å². The summed E-state index contributed by atoms with van der Waals surface area (Å²) in [5.41, 5.74) is 0. The van der Waals surface area contributed by atoms with Crippen LogP contribution in [0.5, 0.6) is 5.75 Å². The number of carbonyl (C=O) groups is 1. The molecule has 1 heterocycles. The maximum absolute atomic E-state index is 12.9. The van der Waals surface area contributed by atoms with E-state index < -0.39 is 0 Å². The molecule has 0 aromatic heterocycles. The predicted octanol–water partition coefficient (Wildman–Crippen LogP) is 2.20. The molecule has 110 valence electrons. The SMILES string of the molecule is O=C(COc1ccc(F)cc1Br)N1CCCC(CO)C1. The molecular formula is C14H17BrFNO3. The molecule has 1 aliphatic rings. The third kappa shape index (κ3) is 3.93. The van der Waals surface area contributed by atoms with E-state index in [-0.39, 0.29) is 30.9 Å². The fraction of sp³-hybridized carbons (Fsp3) is 0.500. The van der Waals surface area contributed by atoms with Crippen LogP contribution >= 0.6 is 15.9 Å². The second kappa shape index (κ2) is 7.04. The number of hydrogen-bond donors (Lipinski definition) is 1. The predicted molar refractivity (Wildman–Crippen MR) is 76.0 cm³/mol. The van der Waals surface area contributed by atoms with Crippen LogP contribution in [0.15, 0.2) is 22.7 Å². The van der Waals surface area contributed by atoms with Crippen LogP contribution in [0.1, 0.15) is 12.8 Å². The Hall–Kier alpha value is -1.14. The van der Waals surface area contributed by atoms with Gasteiger partial charge in [0.25, 0.3) is 5.91 Å². The molecule has 1 aromatic carbocycles. The third-order valence-electron chi connectivity index (χ3n) is 3.37. The monoisotopic (exact) mass is 345 g/mol. The number of halogens is 2. The molecule has 6 heteroatoms. The molecule has 0 radical (unpaired) electrons. The molecule has 1 unspecified atom stereocenters. The average molecular weight is 346 g/mol. The van der Waals surface area contributed by atoms with Crippen molar-refractivity contribution in [2.45, 2.75) is 12.8 Å². The van der Waals surface area contributed by atoms with Gasteiger partial charge in [0.15, 0.2) is 6.61 Å². The number of amides is 1. The normalized spacial score (nSPS) is 18.9. The third-order valence-corrected chi connectivity index (χ3v) is 3.99. The summed E-state index contributed by atoms with van der Waals surface area (Å²) in [4.78, 5) is 13.8. The highest BCUT2D eigenvalue weighted by Crippen LogP contribution is 2.25. The van der Waals surface area contributed by atoms with Gasteiger partial charge in [0.05, 0.1) is 4.47 Å². The Kier molecular flexibility index (Phi) is 5.37. The zero-order chi connectivity index (χ0) is 14.5. The van der Waals surface area contributed by atoms with Crippen molar-refractivity contribution in [1.29, 1.82) is 0 Å². The highest BCUT2D eigenvalue weighted by molar-refractivity contribution is 9.10. The van der Waals surface area contributed by atoms with Gasteiger partial charge in [0, 0.05) is 19.7 Å². The van der Waals surface area contributed by atoms with Crippen molar-refractivity contribution >= 4 is 21.8 Å². The molecule has 1 atom stereocenters. The number of nitrogens with zero attached hydrogens (tertiary/aromatic N) is 1. The summed E-state index contributed by atoms with van der Waals surface area (Å²) in [5, 5.41) is 9.15. The highest BCUT2D eigenvalue weighted by Gasteiger charge is 2.23. The van der Waals surface area contributed by atoms with E-state index in [1.165, 1.54) is 18.2 Å². The van der Waals surface area contributed by atoms with Gasteiger partial charge in [-0.25, -0.2) is 4.39 Å². The molecule has 1 saturated heterocycles. The quantitative estimate of drug-likeness (QED) is 0.909. The van der Waals surface area contributed by atoms with Crippen LogP contribution in [0.2, 0.25) is 0 Å². The molecular weight excluding hydrogens is 329 g/mol. The Labute approximate surface area is 125 Å². The molecule has 0 spiro atoms. The maximum atomic E-state index is 12.9. The van der Waals surface area contributed by atoms with Gasteiger partial charge < -0.3 is 14.7 Å². The van der Waals surface area contributed by atoms with Crippen molar-refractivity contribution in [1.82, 2.24) is 4.90 Å². The minimum Gasteiger partial charge on any atom is -0.483 e. The van der Waals surface area contributed by atoms with E-state index in [2.05, 4.69) is 15.9 Å². The van der Waals surface area contributed by atoms with Crippen molar-refractivity contribution < 1.29 is 19.0 Å². The van der Waals surface area contributed by atoms with E-state index in [0.29, 0.717) is 23.3 Å². The number of carbonyl (C=O) groups excluding carboxylic acids is 1. The largest absolute Gasteiger partial charge is 0.483 e. The van der Waals surface area contributed by atoms with E-state index in [1.807, 2.05) is 0 Å². The van der Waals surface area contributed by atoms with Crippen LogP contribution in [-0.4, -0.2) is 42.2 Å². The van der Waals surface area contributed by atoms with Gasteiger partial charge in [-0.3, -0.25) is 4.79 Å². The van der Waals surface area contributed by atoms with Crippen LogP contribution in [0, 0.1) is 11.7 Å². The Balaban J connectivity index is 1.88. The number of aliphatic hydroxyl groups excluding tert-OH is 1. The van der Waals surface area contributed by atoms with Crippen LogP contribution in [0.25, 0.3) is 0 Å². The first-order valence-corrected chi connectivity index (χ1v) is 7.36. The Morgan fingerprint density at radius 1 is 1.55 bits per heavy atom. The van der Waals surface area contributed by atoms with Crippen LogP contribution in [0.4, 0.5) is 4.39 Å². The Morgan fingerprint density at radius 3 is 3.05 bits per heavy atom. The van der Waals surface area contributed by atoms with Crippen molar-refractivity contribution in [3.05, 3.63) is 28.5 Å². The van der Waals surface area contributed by atoms with Gasteiger partial charge in [0.1, 0.15) is 11.6 Å². The number of ether oxygens (including phenoxy) is 1. The lowest BCUT2D eigenvalue weighted by atomic mass is 9.99. The molecule has 0 saturated carbocycles. The fourth-order valence-electron chi connectivity index (χ4n) is 2.26. The summed E-state index contributed by atoms with van der Waals surface area (Å²) >= 11 is 3.19. The zero-order valence-electron chi connectivity index (χ0n) is 11.0. The highest BCUT2D eigenvalue weighted by atomic mass is 79.9. The lowest BCUT2D eigenvalue weighted by Crippen LogP contribution is -2.43. The summed E-state index contributed by atoms with van der Waals surface area (Å²) in [5.74, 6) is 0.123. The van der Waals surface area contributed by atoms with Gasteiger partial charge >= 0.3 is 0 Å². The van der Waals surface area contributed by atoms with Crippen LogP contribution in [-0.2, 0) is 4.79 Å². The summed E-state index contributed by atoms with van der Waals surface area (Å²) < 4.78 is 18.8. The van der Waals surface area contributed by atoms with Crippen molar-refractivity contribution in [2.75, 3.05) is 26.3 Å². The molecule has 20 heavy (non-hydrogen) atoms. The Morgan fingerprint density at radius 2 is 2.35 bits per heavy atom. The van der Waals surface area contributed by atoms with Crippen LogP contribution in [0.3, 0.4) is 0 Å². The first-order chi connectivity index (χ1) is 9.60. The first kappa shape index (κ1) is 15.3. The minimum absolute atomic E-state index is 0.0810. The fourth-order valence-corrected chi connectivity index (χ4v) is 2.73. The topological polar surface area (TPSA) is 49.8 Å². The average Bonchev–Trinajstić information content (AvgIpc) is 2.46. The lowest BCUT2D eigenvalue weighted by molar-refractivity contribution is -0.135. The Bertz CT molecular complexity index is 483. The van der Waals surface area contributed by atoms with E-state index >= 15 is 0 Å². The number of likely N-dealkylation sites (tertiary alicyclic amines) is 1. The lowest BCUT2D eigenvalue weighted by Gasteiger charge is -2.31. The summed E-state index contributed by atoms with van der Waals surface area (Å²) in [6, 6.07) is 4.06. The first-order valence-electron chi connectivity index (χ1n) is 6.56. The van der Waals surface area contributed by atoms with Gasteiger partial charge in [-0.2, -0.15) is 0 Å². The molecule has 1 aliphatic heterocycles. The number of hydrogen-bond acceptors (Lipinski definition) is 3. The van der Waals surface area contributed by atoms with Crippen molar-refractivity contribution in [2.24, 2.45) is 5.92 Å². The summed E-state index contributed by atoms with van der Waals surface area (Å²) in [7, 11) is 0. The molecule has 4 nitrogen and oxygen atoms in total. The second-order valence-corrected chi connectivity index (χ2v) is 5.75. The number of piperidine rings is 1. The van der Waals surface area contributed by atoms with Gasteiger partial charge in [-0.15, -0.1) is 0 Å². The number of rotatable bonds is 4. The molecule has 2 rings (SSSR count). The molecule has 0 aliphatic carbocycles. The van der Waals surface area contributed by atoms with Gasteiger partial charge in [0.2, 0.25) is 0 Å². The standard InChI is InChI=1S/C14H17BrFNO3/c15-12-6-11(16)3-4-13(12)20-9-14(19)17-5-1-2-10(7-17)8-18/h3-4,6,10,18H,1-2,5,7-9H2. The zero-order valence-corrected chi connectivity index (χ0v) is 12.6. The summed E-state index contributed by atoms with van der Waals surface area (Å²) in [6.45, 7) is 1.29. The number of aliphatic hydroxyl groups is 1. The molecule has 0 bridgehead atoms. The van der Waals surface area contributed by atoms with Crippen molar-refractivity contribution in [3.63, 3.8) is 0 Å². The van der Waals surface area contributed by atoms with Gasteiger partial charge in [-0.1, -0.05) is 0 Å². The smallest absolute Gasteiger partial charge is 0.260 e. The minimum atomic E-state index is -0.364. The van der Waals surface area contributed by atoms with E-state index in [4.69, 9.17) is 9.84 Å². The second-order valence-electron chi connectivity index (χ2n) is 4.89. The maximum Gasteiger partial charge on any atom is 0.260 e. The molecule has 1 aromatic rings.